The molecule has 0 amide bonds. The number of benzene rings is 2. The van der Waals surface area contributed by atoms with Crippen LogP contribution in [0.5, 0.6) is 0 Å². The Morgan fingerprint density at radius 1 is 1.10 bits per heavy atom. The second kappa shape index (κ2) is 7.44. The molecule has 0 nitrogen and oxygen atoms in total. The zero-order valence-electron chi connectivity index (χ0n) is 10.8. The summed E-state index contributed by atoms with van der Waals surface area (Å²) in [5.41, 5.74) is 2.02. The van der Waals surface area contributed by atoms with Gasteiger partial charge in [0, 0.05) is 15.4 Å². The van der Waals surface area contributed by atoms with E-state index in [4.69, 9.17) is 23.2 Å². The van der Waals surface area contributed by atoms with Gasteiger partial charge in [0.15, 0.2) is 0 Å². The second-order valence-corrected chi connectivity index (χ2v) is 6.43. The summed E-state index contributed by atoms with van der Waals surface area (Å²) in [5.74, 6) is 0.505. The molecule has 0 aliphatic heterocycles. The zero-order valence-corrected chi connectivity index (χ0v) is 13.8. The van der Waals surface area contributed by atoms with E-state index in [1.807, 2.05) is 30.3 Å². The van der Waals surface area contributed by atoms with Crippen molar-refractivity contribution in [2.45, 2.75) is 12.8 Å². The van der Waals surface area contributed by atoms with E-state index in [0.717, 1.165) is 33.5 Å². The molecule has 1 atom stereocenters. The van der Waals surface area contributed by atoms with Gasteiger partial charge in [-0.2, -0.15) is 0 Å². The molecule has 106 valence electrons. The van der Waals surface area contributed by atoms with Crippen molar-refractivity contribution < 1.29 is 4.39 Å². The van der Waals surface area contributed by atoms with E-state index >= 15 is 0 Å². The standard InChI is InChI=1S/C16H14BrCl2F/c17-14-7-11(8-15(20)9-14)5-12(10-18)6-13-3-1-2-4-16(13)19/h1-4,7-9,12H,5-6,10H2. The largest absolute Gasteiger partial charge is 0.207 e. The fourth-order valence-corrected chi connectivity index (χ4v) is 3.16. The number of hydrogen-bond acceptors (Lipinski definition) is 0. The molecule has 0 N–H and O–H groups in total. The highest BCUT2D eigenvalue weighted by Crippen LogP contribution is 2.23. The van der Waals surface area contributed by atoms with Gasteiger partial charge in [-0.05, 0) is 54.2 Å². The van der Waals surface area contributed by atoms with Crippen LogP contribution >= 0.6 is 39.1 Å². The second-order valence-electron chi connectivity index (χ2n) is 4.80. The minimum atomic E-state index is -0.236. The molecule has 2 aromatic rings. The zero-order chi connectivity index (χ0) is 14.5. The SMILES string of the molecule is Fc1cc(Br)cc(CC(CCl)Cc2ccccc2Cl)c1. The fraction of sp³-hybridized carbons (Fsp3) is 0.250. The molecule has 0 heterocycles. The van der Waals surface area contributed by atoms with Crippen molar-refractivity contribution >= 4 is 39.1 Å². The van der Waals surface area contributed by atoms with Crippen LogP contribution in [0.2, 0.25) is 5.02 Å². The van der Waals surface area contributed by atoms with E-state index in [9.17, 15) is 4.39 Å². The highest BCUT2D eigenvalue weighted by atomic mass is 79.9. The van der Waals surface area contributed by atoms with Crippen molar-refractivity contribution in [3.8, 4) is 0 Å². The Labute approximate surface area is 137 Å². The van der Waals surface area contributed by atoms with Crippen LogP contribution in [0.15, 0.2) is 46.9 Å². The van der Waals surface area contributed by atoms with Crippen LogP contribution in [0.3, 0.4) is 0 Å². The minimum absolute atomic E-state index is 0.227. The molecule has 0 bridgehead atoms. The Kier molecular flexibility index (Phi) is 5.88. The molecule has 1 unspecified atom stereocenters. The number of alkyl halides is 1. The van der Waals surface area contributed by atoms with Gasteiger partial charge in [-0.3, -0.25) is 0 Å². The van der Waals surface area contributed by atoms with Gasteiger partial charge in [0.25, 0.3) is 0 Å². The molecular weight excluding hydrogens is 362 g/mol. The summed E-state index contributed by atoms with van der Waals surface area (Å²) in [6.07, 6.45) is 1.52. The molecule has 0 aliphatic carbocycles. The average molecular weight is 376 g/mol. The first-order chi connectivity index (χ1) is 9.58. The van der Waals surface area contributed by atoms with Crippen LogP contribution in [0.25, 0.3) is 0 Å². The maximum Gasteiger partial charge on any atom is 0.124 e. The maximum atomic E-state index is 13.4. The first kappa shape index (κ1) is 15.8. The van der Waals surface area contributed by atoms with Gasteiger partial charge < -0.3 is 0 Å². The summed E-state index contributed by atoms with van der Waals surface area (Å²) < 4.78 is 14.1. The highest BCUT2D eigenvalue weighted by molar-refractivity contribution is 9.10. The molecule has 0 saturated carbocycles. The van der Waals surface area contributed by atoms with Crippen LogP contribution in [0.1, 0.15) is 11.1 Å². The van der Waals surface area contributed by atoms with Gasteiger partial charge >= 0.3 is 0 Å². The molecule has 0 fully saturated rings. The van der Waals surface area contributed by atoms with Crippen molar-refractivity contribution in [3.05, 3.63) is 68.9 Å². The van der Waals surface area contributed by atoms with Gasteiger partial charge in [-0.15, -0.1) is 11.6 Å². The number of halogens is 4. The molecule has 0 radical (unpaired) electrons. The normalized spacial score (nSPS) is 12.4. The molecule has 0 aliphatic rings. The van der Waals surface area contributed by atoms with Gasteiger partial charge in [-0.25, -0.2) is 4.39 Å². The van der Waals surface area contributed by atoms with Gasteiger partial charge in [0.2, 0.25) is 0 Å². The summed E-state index contributed by atoms with van der Waals surface area (Å²) in [6.45, 7) is 0. The predicted molar refractivity (Wildman–Crippen MR) is 87.2 cm³/mol. The Bertz CT molecular complexity index is 566. The third-order valence-electron chi connectivity index (χ3n) is 3.13. The molecule has 0 spiro atoms. The van der Waals surface area contributed by atoms with Crippen molar-refractivity contribution in [1.29, 1.82) is 0 Å². The lowest BCUT2D eigenvalue weighted by molar-refractivity contribution is 0.576. The maximum absolute atomic E-state index is 13.4. The Morgan fingerprint density at radius 3 is 2.50 bits per heavy atom. The van der Waals surface area contributed by atoms with Gasteiger partial charge in [0.1, 0.15) is 5.82 Å². The van der Waals surface area contributed by atoms with E-state index in [1.54, 1.807) is 6.07 Å². The van der Waals surface area contributed by atoms with E-state index < -0.39 is 0 Å². The molecule has 0 saturated heterocycles. The van der Waals surface area contributed by atoms with Gasteiger partial charge in [-0.1, -0.05) is 45.7 Å². The summed E-state index contributed by atoms with van der Waals surface area (Å²) in [5, 5.41) is 0.753. The van der Waals surface area contributed by atoms with E-state index in [2.05, 4.69) is 15.9 Å². The van der Waals surface area contributed by atoms with Gasteiger partial charge in [0.05, 0.1) is 0 Å². The van der Waals surface area contributed by atoms with Crippen LogP contribution < -0.4 is 0 Å². The van der Waals surface area contributed by atoms with E-state index in [1.165, 1.54) is 6.07 Å². The molecule has 0 aromatic heterocycles. The molecular formula is C16H14BrCl2F. The van der Waals surface area contributed by atoms with Crippen molar-refractivity contribution in [2.24, 2.45) is 5.92 Å². The lowest BCUT2D eigenvalue weighted by atomic mass is 9.94. The summed E-state index contributed by atoms with van der Waals surface area (Å²) in [4.78, 5) is 0. The van der Waals surface area contributed by atoms with Crippen molar-refractivity contribution in [2.75, 3.05) is 5.88 Å². The van der Waals surface area contributed by atoms with Crippen LogP contribution in [-0.2, 0) is 12.8 Å². The first-order valence-corrected chi connectivity index (χ1v) is 8.03. The number of hydrogen-bond donors (Lipinski definition) is 0. The van der Waals surface area contributed by atoms with E-state index in [-0.39, 0.29) is 11.7 Å². The topological polar surface area (TPSA) is 0 Å². The Morgan fingerprint density at radius 2 is 1.85 bits per heavy atom. The Balaban J connectivity index is 2.11. The van der Waals surface area contributed by atoms with Crippen LogP contribution in [0.4, 0.5) is 4.39 Å². The van der Waals surface area contributed by atoms with E-state index in [0.29, 0.717) is 5.88 Å². The first-order valence-electron chi connectivity index (χ1n) is 6.33. The third-order valence-corrected chi connectivity index (χ3v) is 4.39. The summed E-state index contributed by atoms with van der Waals surface area (Å²) >= 11 is 15.5. The molecule has 2 aromatic carbocycles. The van der Waals surface area contributed by atoms with Crippen molar-refractivity contribution in [1.82, 2.24) is 0 Å². The van der Waals surface area contributed by atoms with Crippen molar-refractivity contribution in [3.63, 3.8) is 0 Å². The summed E-state index contributed by atoms with van der Waals surface area (Å²) in [6, 6.07) is 12.7. The lowest BCUT2D eigenvalue weighted by Crippen LogP contribution is -2.10. The fourth-order valence-electron chi connectivity index (χ4n) is 2.22. The minimum Gasteiger partial charge on any atom is -0.207 e. The predicted octanol–water partition coefficient (Wildman–Crippen LogP) is 5.88. The van der Waals surface area contributed by atoms with Crippen LogP contribution in [-0.4, -0.2) is 5.88 Å². The highest BCUT2D eigenvalue weighted by Gasteiger charge is 2.12. The average Bonchev–Trinajstić information content (AvgIpc) is 2.39. The third kappa shape index (κ3) is 4.47. The monoisotopic (exact) mass is 374 g/mol. The molecule has 2 rings (SSSR count). The quantitative estimate of drug-likeness (QED) is 0.572. The summed E-state index contributed by atoms with van der Waals surface area (Å²) in [7, 11) is 0. The van der Waals surface area contributed by atoms with Crippen LogP contribution in [0, 0.1) is 11.7 Å². The Hall–Kier alpha value is -0.570. The molecule has 20 heavy (non-hydrogen) atoms. The number of rotatable bonds is 5. The molecule has 4 heteroatoms. The lowest BCUT2D eigenvalue weighted by Gasteiger charge is -2.15. The smallest absolute Gasteiger partial charge is 0.124 e.